The molecule has 136 valence electrons. The number of rotatable bonds is 4. The Hall–Kier alpha value is -3.08. The second-order valence-corrected chi connectivity index (χ2v) is 7.96. The lowest BCUT2D eigenvalue weighted by atomic mass is 9.51. The zero-order valence-corrected chi connectivity index (χ0v) is 15.9. The third kappa shape index (κ3) is 4.76. The van der Waals surface area contributed by atoms with Gasteiger partial charge < -0.3 is 10.5 Å². The van der Waals surface area contributed by atoms with Gasteiger partial charge in [0, 0.05) is 5.56 Å². The predicted octanol–water partition coefficient (Wildman–Crippen LogP) is 3.62. The Morgan fingerprint density at radius 3 is 2.15 bits per heavy atom. The van der Waals surface area contributed by atoms with Gasteiger partial charge in [0.1, 0.15) is 11.6 Å². The molecule has 0 atom stereocenters. The molecule has 0 radical (unpaired) electrons. The average molecular weight is 358 g/mol. The Labute approximate surface area is 160 Å². The van der Waals surface area contributed by atoms with Gasteiger partial charge in [-0.1, -0.05) is 61.9 Å². The quantitative estimate of drug-likeness (QED) is 0.246. The minimum Gasteiger partial charge on any atom is -0.423 e. The minimum absolute atomic E-state index is 0.0299. The zero-order chi connectivity index (χ0) is 19.6. The number of esters is 1. The topological polar surface area (TPSA) is 76.2 Å². The largest absolute Gasteiger partial charge is 0.423 e. The van der Waals surface area contributed by atoms with Crippen molar-refractivity contribution in [2.24, 2.45) is 5.73 Å². The number of carbonyl (C=O) groups excluding carboxylic acids is 1. The number of amidine groups is 1. The monoisotopic (exact) mass is 358 g/mol. The third-order valence-electron chi connectivity index (χ3n) is 4.26. The van der Waals surface area contributed by atoms with Gasteiger partial charge in [-0.05, 0) is 41.1 Å². The van der Waals surface area contributed by atoms with Crippen LogP contribution in [0.15, 0.2) is 60.7 Å². The minimum atomic E-state index is -0.378. The van der Waals surface area contributed by atoms with Crippen LogP contribution in [0.4, 0.5) is 0 Å². The molecular weight excluding hydrogens is 335 g/mol. The normalized spacial score (nSPS) is 11.2. The highest BCUT2D eigenvalue weighted by Crippen LogP contribution is 2.23. The van der Waals surface area contributed by atoms with Crippen molar-refractivity contribution in [1.82, 2.24) is 0 Å². The van der Waals surface area contributed by atoms with E-state index in [4.69, 9.17) is 15.9 Å². The van der Waals surface area contributed by atoms with Crippen molar-refractivity contribution in [2.75, 3.05) is 0 Å². The molecule has 0 aromatic heterocycles. The van der Waals surface area contributed by atoms with Crippen LogP contribution in [0, 0.1) is 5.41 Å². The fourth-order valence-corrected chi connectivity index (χ4v) is 2.99. The van der Waals surface area contributed by atoms with Crippen LogP contribution in [-0.2, 0) is 0 Å². The first-order valence-corrected chi connectivity index (χ1v) is 8.91. The van der Waals surface area contributed by atoms with Gasteiger partial charge in [-0.15, -0.1) is 0 Å². The van der Waals surface area contributed by atoms with E-state index in [1.165, 1.54) is 5.46 Å². The van der Waals surface area contributed by atoms with Crippen LogP contribution in [0.1, 0.15) is 36.7 Å². The number of hydrogen-bond acceptors (Lipinski definition) is 3. The first kappa shape index (κ1) is 18.7. The number of ether oxygens (including phenoxy) is 1. The molecule has 0 spiro atoms. The van der Waals surface area contributed by atoms with Gasteiger partial charge >= 0.3 is 5.97 Å². The van der Waals surface area contributed by atoms with Crippen molar-refractivity contribution in [3.63, 3.8) is 0 Å². The molecule has 0 aliphatic rings. The van der Waals surface area contributed by atoms with Crippen molar-refractivity contribution in [1.29, 1.82) is 5.41 Å². The van der Waals surface area contributed by atoms with Crippen LogP contribution in [0.5, 0.6) is 5.75 Å². The van der Waals surface area contributed by atoms with Crippen molar-refractivity contribution in [3.05, 3.63) is 71.8 Å². The number of carbonyl (C=O) groups is 1. The molecule has 0 unspecified atom stereocenters. The van der Waals surface area contributed by atoms with E-state index >= 15 is 0 Å². The number of fused-ring (bicyclic) bond motifs is 1. The van der Waals surface area contributed by atoms with Crippen LogP contribution in [-0.4, -0.2) is 19.1 Å². The molecule has 0 fully saturated rings. The highest BCUT2D eigenvalue weighted by molar-refractivity contribution is 6.56. The van der Waals surface area contributed by atoms with E-state index < -0.39 is 0 Å². The Morgan fingerprint density at radius 1 is 0.926 bits per heavy atom. The molecule has 0 bridgehead atoms. The van der Waals surface area contributed by atoms with Gasteiger partial charge in [-0.3, -0.25) is 5.41 Å². The maximum atomic E-state index is 12.4. The molecule has 3 aromatic rings. The van der Waals surface area contributed by atoms with E-state index in [-0.39, 0.29) is 17.1 Å². The van der Waals surface area contributed by atoms with Crippen LogP contribution in [0.25, 0.3) is 10.8 Å². The summed E-state index contributed by atoms with van der Waals surface area (Å²) in [7, 11) is 0.954. The van der Waals surface area contributed by atoms with E-state index in [0.717, 1.165) is 18.1 Å². The summed E-state index contributed by atoms with van der Waals surface area (Å²) in [6.45, 7) is 6.57. The molecule has 0 aliphatic heterocycles. The Balaban J connectivity index is 1.75. The lowest BCUT2D eigenvalue weighted by molar-refractivity contribution is 0.0735. The Morgan fingerprint density at radius 2 is 1.52 bits per heavy atom. The number of nitrogens with two attached hydrogens (primary N) is 1. The van der Waals surface area contributed by atoms with Gasteiger partial charge in [0.05, 0.1) is 5.56 Å². The Kier molecular flexibility index (Phi) is 5.04. The van der Waals surface area contributed by atoms with Crippen LogP contribution in [0.3, 0.4) is 0 Å². The van der Waals surface area contributed by atoms with Crippen molar-refractivity contribution < 1.29 is 9.53 Å². The summed E-state index contributed by atoms with van der Waals surface area (Å²) < 4.78 is 5.52. The molecule has 3 rings (SSSR count). The summed E-state index contributed by atoms with van der Waals surface area (Å²) >= 11 is 0. The molecule has 4 nitrogen and oxygen atoms in total. The second-order valence-electron chi connectivity index (χ2n) is 7.96. The fourth-order valence-electron chi connectivity index (χ4n) is 2.99. The maximum absolute atomic E-state index is 12.4. The summed E-state index contributed by atoms with van der Waals surface area (Å²) in [4.78, 5) is 12.4. The smallest absolute Gasteiger partial charge is 0.343 e. The molecule has 0 aliphatic carbocycles. The van der Waals surface area contributed by atoms with Gasteiger partial charge in [-0.25, -0.2) is 4.79 Å². The first-order valence-electron chi connectivity index (χ1n) is 8.91. The predicted molar refractivity (Wildman–Crippen MR) is 113 cm³/mol. The number of hydrogen-bond donors (Lipinski definition) is 2. The van der Waals surface area contributed by atoms with E-state index in [1.807, 2.05) is 48.5 Å². The van der Waals surface area contributed by atoms with Gasteiger partial charge in [0.2, 0.25) is 0 Å². The molecule has 5 heteroatoms. The highest BCUT2D eigenvalue weighted by Gasteiger charge is 2.15. The van der Waals surface area contributed by atoms with Crippen molar-refractivity contribution in [3.8, 4) is 5.75 Å². The highest BCUT2D eigenvalue weighted by atomic mass is 16.5. The van der Waals surface area contributed by atoms with Crippen LogP contribution in [0.2, 0.25) is 5.31 Å². The first-order chi connectivity index (χ1) is 12.7. The van der Waals surface area contributed by atoms with Gasteiger partial charge in [0.15, 0.2) is 7.28 Å². The fraction of sp³-hybridized carbons (Fsp3) is 0.182. The average Bonchev–Trinajstić information content (AvgIpc) is 2.60. The molecule has 0 amide bonds. The molecule has 27 heavy (non-hydrogen) atoms. The van der Waals surface area contributed by atoms with E-state index in [1.54, 1.807) is 12.1 Å². The van der Waals surface area contributed by atoms with E-state index in [0.29, 0.717) is 16.9 Å². The Bertz CT molecular complexity index is 1000. The van der Waals surface area contributed by atoms with E-state index in [9.17, 15) is 4.79 Å². The molecule has 0 saturated heterocycles. The molecule has 0 heterocycles. The molecular formula is C22H23BN2O2. The molecule has 3 aromatic carbocycles. The van der Waals surface area contributed by atoms with Crippen molar-refractivity contribution >= 4 is 35.3 Å². The van der Waals surface area contributed by atoms with Gasteiger partial charge in [-0.2, -0.15) is 0 Å². The van der Waals surface area contributed by atoms with Gasteiger partial charge in [0.25, 0.3) is 0 Å². The van der Waals surface area contributed by atoms with E-state index in [2.05, 4.69) is 20.8 Å². The van der Waals surface area contributed by atoms with Crippen LogP contribution < -0.4 is 15.9 Å². The SMILES string of the molecule is CC(C)(C)Bc1ccc(C(=O)Oc2ccc3cc(C(=N)N)ccc3c2)cc1. The molecule has 0 saturated carbocycles. The summed E-state index contributed by atoms with van der Waals surface area (Å²) in [6.07, 6.45) is 0. The number of nitrogens with one attached hydrogen (secondary N) is 1. The summed E-state index contributed by atoms with van der Waals surface area (Å²) in [5, 5.41) is 9.58. The molecule has 3 N–H and O–H groups in total. The summed E-state index contributed by atoms with van der Waals surface area (Å²) in [6, 6.07) is 18.5. The van der Waals surface area contributed by atoms with Crippen LogP contribution >= 0.6 is 0 Å². The standard InChI is InChI=1S/C22H23BN2O2/c1-22(2,3)23-18-9-6-14(7-10-18)21(26)27-19-11-8-15-12-17(20(24)25)5-4-16(15)13-19/h4-13,23H,1-3H3,(H3,24,25). The summed E-state index contributed by atoms with van der Waals surface area (Å²) in [5.41, 5.74) is 7.92. The van der Waals surface area contributed by atoms with Crippen molar-refractivity contribution in [2.45, 2.75) is 26.1 Å². The summed E-state index contributed by atoms with van der Waals surface area (Å²) in [5.74, 6) is 0.140. The third-order valence-corrected chi connectivity index (χ3v) is 4.26. The maximum Gasteiger partial charge on any atom is 0.343 e. The number of benzene rings is 3. The number of nitrogen functional groups attached to an aromatic ring is 1. The lowest BCUT2D eigenvalue weighted by Crippen LogP contribution is -2.23. The zero-order valence-electron chi connectivity index (χ0n) is 15.9. The lowest BCUT2D eigenvalue weighted by Gasteiger charge is -2.16. The second kappa shape index (κ2) is 7.27.